The van der Waals surface area contributed by atoms with E-state index in [1.165, 1.54) is 11.6 Å². The van der Waals surface area contributed by atoms with Crippen LogP contribution in [-0.2, 0) is 24.3 Å². The minimum Gasteiger partial charge on any atom is -0.481 e. The summed E-state index contributed by atoms with van der Waals surface area (Å²) in [6.45, 7) is 5.59. The van der Waals surface area contributed by atoms with Crippen LogP contribution in [0.3, 0.4) is 0 Å². The van der Waals surface area contributed by atoms with Crippen LogP contribution in [0.1, 0.15) is 46.3 Å². The lowest BCUT2D eigenvalue weighted by Crippen LogP contribution is -2.37. The van der Waals surface area contributed by atoms with Gasteiger partial charge in [-0.3, -0.25) is 9.69 Å². The third-order valence-corrected chi connectivity index (χ3v) is 7.12. The quantitative estimate of drug-likeness (QED) is 0.301. The van der Waals surface area contributed by atoms with Gasteiger partial charge in [-0.05, 0) is 60.7 Å². The third kappa shape index (κ3) is 5.95. The van der Waals surface area contributed by atoms with Crippen LogP contribution >= 0.6 is 0 Å². The van der Waals surface area contributed by atoms with Crippen molar-refractivity contribution in [3.8, 4) is 5.75 Å². The van der Waals surface area contributed by atoms with Gasteiger partial charge in [0.25, 0.3) is 5.91 Å². The average molecular weight is 509 g/mol. The second kappa shape index (κ2) is 11.6. The molecule has 5 heteroatoms. The number of hydrogen-bond donors (Lipinski definition) is 1. The van der Waals surface area contributed by atoms with Gasteiger partial charge in [0.1, 0.15) is 11.6 Å². The molecule has 0 saturated carbocycles. The Kier molecular flexibility index (Phi) is 7.85. The number of halogens is 1. The molecule has 1 amide bonds. The molecule has 4 aromatic carbocycles. The summed E-state index contributed by atoms with van der Waals surface area (Å²) < 4.78 is 20.7. The van der Waals surface area contributed by atoms with Gasteiger partial charge < -0.3 is 10.1 Å². The Labute approximate surface area is 224 Å². The molecule has 1 heterocycles. The van der Waals surface area contributed by atoms with Gasteiger partial charge in [0, 0.05) is 25.2 Å². The number of carbonyl (C=O) groups is 1. The molecule has 0 aromatic heterocycles. The van der Waals surface area contributed by atoms with Gasteiger partial charge in [-0.1, -0.05) is 84.4 Å². The number of carbonyl (C=O) groups excluding carboxylic acids is 1. The number of fused-ring (bicyclic) bond motifs is 1. The molecule has 38 heavy (non-hydrogen) atoms. The fourth-order valence-electron chi connectivity index (χ4n) is 5.17. The first-order valence-corrected chi connectivity index (χ1v) is 13.1. The van der Waals surface area contributed by atoms with E-state index in [1.54, 1.807) is 13.0 Å². The molecule has 4 nitrogen and oxygen atoms in total. The van der Waals surface area contributed by atoms with Crippen molar-refractivity contribution in [2.24, 2.45) is 0 Å². The Morgan fingerprint density at radius 2 is 1.79 bits per heavy atom. The minimum absolute atomic E-state index is 0.0476. The number of aryl methyl sites for hydroxylation is 1. The van der Waals surface area contributed by atoms with Crippen molar-refractivity contribution < 1.29 is 13.9 Å². The van der Waals surface area contributed by atoms with E-state index in [0.29, 0.717) is 24.4 Å². The van der Waals surface area contributed by atoms with Crippen LogP contribution in [0, 0.1) is 12.7 Å². The molecule has 0 bridgehead atoms. The maximum atomic E-state index is 14.6. The minimum atomic E-state index is -0.647. The molecule has 194 valence electrons. The highest BCUT2D eigenvalue weighted by atomic mass is 19.1. The molecule has 1 aliphatic heterocycles. The van der Waals surface area contributed by atoms with Gasteiger partial charge in [0.05, 0.1) is 6.04 Å². The predicted molar refractivity (Wildman–Crippen MR) is 148 cm³/mol. The molecule has 0 saturated heterocycles. The van der Waals surface area contributed by atoms with Crippen molar-refractivity contribution in [2.75, 3.05) is 6.54 Å². The first-order valence-electron chi connectivity index (χ1n) is 13.1. The molecule has 1 aliphatic rings. The van der Waals surface area contributed by atoms with Crippen molar-refractivity contribution in [3.63, 3.8) is 0 Å². The van der Waals surface area contributed by atoms with Crippen molar-refractivity contribution in [1.82, 2.24) is 10.2 Å². The lowest BCUT2D eigenvalue weighted by Gasteiger charge is -2.38. The standard InChI is InChI=1S/C33H33FN2O2/c1-23-9-8-10-25(19-23)21-35-33(37)24(2)38-29-16-15-26-17-18-36(22-28-13-6-7-14-31(28)34)32(30(26)20-29)27-11-4-3-5-12-27/h3-16,19-20,24,32H,17-18,21-22H2,1-2H3,(H,35,37)/t24-,32+/m0/s1. The summed E-state index contributed by atoms with van der Waals surface area (Å²) in [5.41, 5.74) is 6.41. The summed E-state index contributed by atoms with van der Waals surface area (Å²) in [4.78, 5) is 15.1. The number of nitrogens with zero attached hydrogens (tertiary/aromatic N) is 1. The average Bonchev–Trinajstić information content (AvgIpc) is 2.93. The van der Waals surface area contributed by atoms with E-state index >= 15 is 0 Å². The third-order valence-electron chi connectivity index (χ3n) is 7.12. The monoisotopic (exact) mass is 508 g/mol. The Morgan fingerprint density at radius 1 is 1.00 bits per heavy atom. The van der Waals surface area contributed by atoms with Crippen LogP contribution < -0.4 is 10.1 Å². The van der Waals surface area contributed by atoms with Gasteiger partial charge in [-0.15, -0.1) is 0 Å². The van der Waals surface area contributed by atoms with Gasteiger partial charge in [0.2, 0.25) is 0 Å². The highest BCUT2D eigenvalue weighted by Gasteiger charge is 2.30. The van der Waals surface area contributed by atoms with Gasteiger partial charge in [-0.25, -0.2) is 4.39 Å². The van der Waals surface area contributed by atoms with Crippen LogP contribution in [0.5, 0.6) is 5.75 Å². The maximum absolute atomic E-state index is 14.6. The van der Waals surface area contributed by atoms with Gasteiger partial charge in [0.15, 0.2) is 6.10 Å². The van der Waals surface area contributed by atoms with Crippen LogP contribution in [0.4, 0.5) is 4.39 Å². The van der Waals surface area contributed by atoms with E-state index in [2.05, 4.69) is 34.5 Å². The number of ether oxygens (including phenoxy) is 1. The van der Waals surface area contributed by atoms with Crippen molar-refractivity contribution in [3.05, 3.63) is 136 Å². The number of benzene rings is 4. The van der Waals surface area contributed by atoms with Crippen molar-refractivity contribution in [1.29, 1.82) is 0 Å². The maximum Gasteiger partial charge on any atom is 0.261 e. The van der Waals surface area contributed by atoms with Crippen LogP contribution in [0.2, 0.25) is 0 Å². The van der Waals surface area contributed by atoms with Gasteiger partial charge >= 0.3 is 0 Å². The Morgan fingerprint density at radius 3 is 2.58 bits per heavy atom. The fourth-order valence-corrected chi connectivity index (χ4v) is 5.17. The van der Waals surface area contributed by atoms with Crippen LogP contribution in [0.25, 0.3) is 0 Å². The first kappa shape index (κ1) is 25.7. The summed E-state index contributed by atoms with van der Waals surface area (Å²) in [6, 6.07) is 31.4. The molecule has 0 radical (unpaired) electrons. The smallest absolute Gasteiger partial charge is 0.261 e. The first-order chi connectivity index (χ1) is 18.5. The zero-order valence-electron chi connectivity index (χ0n) is 21.9. The molecule has 4 aromatic rings. The van der Waals surface area contributed by atoms with Crippen LogP contribution in [-0.4, -0.2) is 23.5 Å². The van der Waals surface area contributed by atoms with E-state index in [4.69, 9.17) is 4.74 Å². The normalized spacial score (nSPS) is 15.9. The second-order valence-electron chi connectivity index (χ2n) is 9.95. The van der Waals surface area contributed by atoms with E-state index in [0.717, 1.165) is 35.2 Å². The number of amides is 1. The van der Waals surface area contributed by atoms with Crippen molar-refractivity contribution >= 4 is 5.91 Å². The van der Waals surface area contributed by atoms with E-state index in [9.17, 15) is 9.18 Å². The Hall–Kier alpha value is -3.96. The molecular formula is C33H33FN2O2. The molecule has 1 N–H and O–H groups in total. The number of nitrogens with one attached hydrogen (secondary N) is 1. The highest BCUT2D eigenvalue weighted by molar-refractivity contribution is 5.80. The summed E-state index contributed by atoms with van der Waals surface area (Å²) in [7, 11) is 0. The number of hydrogen-bond acceptors (Lipinski definition) is 3. The largest absolute Gasteiger partial charge is 0.481 e. The molecule has 0 spiro atoms. The Balaban J connectivity index is 1.36. The topological polar surface area (TPSA) is 41.6 Å². The predicted octanol–water partition coefficient (Wildman–Crippen LogP) is 6.37. The summed E-state index contributed by atoms with van der Waals surface area (Å²) in [5, 5.41) is 2.98. The molecule has 2 atom stereocenters. The second-order valence-corrected chi connectivity index (χ2v) is 9.95. The molecule has 0 unspecified atom stereocenters. The lowest BCUT2D eigenvalue weighted by molar-refractivity contribution is -0.127. The summed E-state index contributed by atoms with van der Waals surface area (Å²) >= 11 is 0. The zero-order valence-corrected chi connectivity index (χ0v) is 21.9. The van der Waals surface area contributed by atoms with E-state index in [-0.39, 0.29) is 17.8 Å². The molecule has 0 aliphatic carbocycles. The molecule has 0 fully saturated rings. The van der Waals surface area contributed by atoms with E-state index in [1.807, 2.05) is 67.6 Å². The summed E-state index contributed by atoms with van der Waals surface area (Å²) in [6.07, 6.45) is 0.214. The SMILES string of the molecule is Cc1cccc(CNC(=O)[C@H](C)Oc2ccc3c(c2)[C@@H](c2ccccc2)N(Cc2ccccc2F)CC3)c1. The van der Waals surface area contributed by atoms with Crippen molar-refractivity contribution in [2.45, 2.75) is 45.5 Å². The Bertz CT molecular complexity index is 1410. The van der Waals surface area contributed by atoms with E-state index < -0.39 is 6.10 Å². The molecular weight excluding hydrogens is 475 g/mol. The number of rotatable bonds is 8. The fraction of sp³-hybridized carbons (Fsp3) is 0.242. The van der Waals surface area contributed by atoms with Gasteiger partial charge in [-0.2, -0.15) is 0 Å². The molecule has 5 rings (SSSR count). The highest BCUT2D eigenvalue weighted by Crippen LogP contribution is 2.38. The summed E-state index contributed by atoms with van der Waals surface area (Å²) in [5.74, 6) is 0.299. The van der Waals surface area contributed by atoms with Crippen LogP contribution in [0.15, 0.2) is 97.1 Å². The zero-order chi connectivity index (χ0) is 26.5. The lowest BCUT2D eigenvalue weighted by atomic mass is 9.87.